The molecule has 0 saturated carbocycles. The molecule has 1 aliphatic heterocycles. The smallest absolute Gasteiger partial charge is 0.136 e. The van der Waals surface area contributed by atoms with Crippen LogP contribution in [0.3, 0.4) is 0 Å². The maximum absolute atomic E-state index is 4.37. The molecule has 2 rings (SSSR count). The van der Waals surface area contributed by atoms with Gasteiger partial charge in [0.15, 0.2) is 0 Å². The fraction of sp³-hybridized carbons (Fsp3) is 0.300. The molecule has 1 aliphatic rings. The van der Waals surface area contributed by atoms with Crippen LogP contribution in [-0.4, -0.2) is 9.55 Å². The van der Waals surface area contributed by atoms with E-state index in [9.17, 15) is 0 Å². The Bertz CT molecular complexity index is 313. The van der Waals surface area contributed by atoms with Crippen molar-refractivity contribution >= 4 is 12.3 Å². The van der Waals surface area contributed by atoms with Crippen molar-refractivity contribution in [2.75, 3.05) is 0 Å². The number of rotatable bonds is 0. The summed E-state index contributed by atoms with van der Waals surface area (Å²) >= 11 is 0. The Morgan fingerprint density at radius 1 is 1.42 bits per heavy atom. The summed E-state index contributed by atoms with van der Waals surface area (Å²) in [6, 6.07) is 0. The van der Waals surface area contributed by atoms with Crippen molar-refractivity contribution < 1.29 is 0 Å². The maximum Gasteiger partial charge on any atom is 0.136 e. The quantitative estimate of drug-likeness (QED) is 0.569. The predicted molar refractivity (Wildman–Crippen MR) is 50.5 cm³/mol. The second-order valence-corrected chi connectivity index (χ2v) is 3.21. The van der Waals surface area contributed by atoms with Crippen molar-refractivity contribution in [2.24, 2.45) is 5.92 Å². The minimum atomic E-state index is 0.506. The summed E-state index contributed by atoms with van der Waals surface area (Å²) in [5.41, 5.74) is 1.06. The fourth-order valence-electron chi connectivity index (χ4n) is 1.31. The van der Waals surface area contributed by atoms with Crippen molar-refractivity contribution in [2.45, 2.75) is 13.8 Å². The summed E-state index contributed by atoms with van der Waals surface area (Å²) in [5, 5.41) is 0. The highest BCUT2D eigenvalue weighted by Crippen LogP contribution is 2.13. The number of nitrogens with zero attached hydrogens (tertiary/aromatic N) is 2. The van der Waals surface area contributed by atoms with Gasteiger partial charge in [-0.25, -0.2) is 4.98 Å². The third-order valence-corrected chi connectivity index (χ3v) is 1.98. The van der Waals surface area contributed by atoms with Gasteiger partial charge in [-0.05, 0) is 18.9 Å². The average molecular weight is 160 g/mol. The van der Waals surface area contributed by atoms with E-state index in [0.717, 1.165) is 11.5 Å². The van der Waals surface area contributed by atoms with Crippen molar-refractivity contribution in [3.8, 4) is 0 Å². The SMILES string of the molecule is Cc1cn2c(n1)C=CC(C)C=C2. The molecule has 0 bridgehead atoms. The van der Waals surface area contributed by atoms with E-state index >= 15 is 0 Å². The summed E-state index contributed by atoms with van der Waals surface area (Å²) in [6.45, 7) is 4.17. The first kappa shape index (κ1) is 7.35. The molecule has 0 aliphatic carbocycles. The lowest BCUT2D eigenvalue weighted by Crippen LogP contribution is -1.85. The highest BCUT2D eigenvalue weighted by atomic mass is 15.0. The Kier molecular flexibility index (Phi) is 1.61. The highest BCUT2D eigenvalue weighted by molar-refractivity contribution is 5.49. The Morgan fingerprint density at radius 2 is 2.25 bits per heavy atom. The average Bonchev–Trinajstić information content (AvgIpc) is 2.31. The van der Waals surface area contributed by atoms with Crippen LogP contribution in [0.15, 0.2) is 18.3 Å². The zero-order chi connectivity index (χ0) is 8.55. The van der Waals surface area contributed by atoms with Crippen LogP contribution >= 0.6 is 0 Å². The lowest BCUT2D eigenvalue weighted by molar-refractivity contribution is 0.949. The molecule has 1 aromatic heterocycles. The number of hydrogen-bond acceptors (Lipinski definition) is 1. The number of hydrogen-bond donors (Lipinski definition) is 0. The van der Waals surface area contributed by atoms with Gasteiger partial charge >= 0.3 is 0 Å². The highest BCUT2D eigenvalue weighted by Gasteiger charge is 2.03. The van der Waals surface area contributed by atoms with Gasteiger partial charge in [-0.3, -0.25) is 0 Å². The van der Waals surface area contributed by atoms with Crippen LogP contribution in [0, 0.1) is 12.8 Å². The molecule has 0 radical (unpaired) electrons. The molecular weight excluding hydrogens is 148 g/mol. The summed E-state index contributed by atoms with van der Waals surface area (Å²) in [4.78, 5) is 4.37. The minimum absolute atomic E-state index is 0.506. The summed E-state index contributed by atoms with van der Waals surface area (Å²) in [5.74, 6) is 1.53. The number of imidazole rings is 1. The van der Waals surface area contributed by atoms with E-state index in [4.69, 9.17) is 0 Å². The molecule has 0 fully saturated rings. The molecule has 0 amide bonds. The third kappa shape index (κ3) is 1.20. The van der Waals surface area contributed by atoms with Gasteiger partial charge in [0, 0.05) is 12.4 Å². The first-order valence-corrected chi connectivity index (χ1v) is 4.18. The number of aryl methyl sites for hydroxylation is 1. The molecule has 0 aromatic carbocycles. The van der Waals surface area contributed by atoms with Gasteiger partial charge in [-0.1, -0.05) is 19.1 Å². The number of aromatic nitrogens is 2. The molecule has 0 spiro atoms. The van der Waals surface area contributed by atoms with Gasteiger partial charge < -0.3 is 4.57 Å². The zero-order valence-electron chi connectivity index (χ0n) is 7.36. The van der Waals surface area contributed by atoms with Gasteiger partial charge in [0.2, 0.25) is 0 Å². The van der Waals surface area contributed by atoms with E-state index in [2.05, 4.69) is 40.9 Å². The molecule has 2 nitrogen and oxygen atoms in total. The van der Waals surface area contributed by atoms with Gasteiger partial charge in [0.05, 0.1) is 5.69 Å². The third-order valence-electron chi connectivity index (χ3n) is 1.98. The fourth-order valence-corrected chi connectivity index (χ4v) is 1.31. The van der Waals surface area contributed by atoms with Gasteiger partial charge in [0.1, 0.15) is 5.82 Å². The molecule has 2 heterocycles. The maximum atomic E-state index is 4.37. The number of allylic oxidation sites excluding steroid dienone is 2. The van der Waals surface area contributed by atoms with E-state index in [1.807, 2.05) is 13.1 Å². The van der Waals surface area contributed by atoms with Crippen LogP contribution in [-0.2, 0) is 0 Å². The van der Waals surface area contributed by atoms with E-state index < -0.39 is 0 Å². The summed E-state index contributed by atoms with van der Waals surface area (Å²) < 4.78 is 2.05. The van der Waals surface area contributed by atoms with E-state index in [1.165, 1.54) is 0 Å². The second kappa shape index (κ2) is 2.63. The topological polar surface area (TPSA) is 17.8 Å². The molecule has 0 N–H and O–H groups in total. The Hall–Kier alpha value is -1.31. The van der Waals surface area contributed by atoms with Crippen LogP contribution in [0.4, 0.5) is 0 Å². The lowest BCUT2D eigenvalue weighted by atomic mass is 10.2. The van der Waals surface area contributed by atoms with Gasteiger partial charge in [0.25, 0.3) is 0 Å². The monoisotopic (exact) mass is 160 g/mol. The number of fused-ring (bicyclic) bond motifs is 1. The lowest BCUT2D eigenvalue weighted by Gasteiger charge is -1.92. The first-order chi connectivity index (χ1) is 5.75. The normalized spacial score (nSPS) is 20.7. The summed E-state index contributed by atoms with van der Waals surface area (Å²) in [7, 11) is 0. The first-order valence-electron chi connectivity index (χ1n) is 4.18. The van der Waals surface area contributed by atoms with Crippen LogP contribution in [0.1, 0.15) is 18.4 Å². The molecule has 1 atom stereocenters. The molecular formula is C10H12N2. The van der Waals surface area contributed by atoms with E-state index in [0.29, 0.717) is 5.92 Å². The minimum Gasteiger partial charge on any atom is -0.307 e. The Morgan fingerprint density at radius 3 is 3.08 bits per heavy atom. The largest absolute Gasteiger partial charge is 0.307 e. The Balaban J connectivity index is 2.49. The van der Waals surface area contributed by atoms with Gasteiger partial charge in [-0.2, -0.15) is 0 Å². The molecule has 0 saturated heterocycles. The van der Waals surface area contributed by atoms with Crippen molar-refractivity contribution in [1.82, 2.24) is 9.55 Å². The van der Waals surface area contributed by atoms with Crippen molar-refractivity contribution in [1.29, 1.82) is 0 Å². The van der Waals surface area contributed by atoms with Crippen molar-refractivity contribution in [3.05, 3.63) is 29.9 Å². The second-order valence-electron chi connectivity index (χ2n) is 3.21. The van der Waals surface area contributed by atoms with Crippen LogP contribution in [0.2, 0.25) is 0 Å². The standard InChI is InChI=1S/C10H12N2/c1-8-3-4-10-11-9(2)7-12(10)6-5-8/h3-8H,1-2H3. The van der Waals surface area contributed by atoms with Crippen LogP contribution in [0.5, 0.6) is 0 Å². The van der Waals surface area contributed by atoms with Crippen LogP contribution < -0.4 is 0 Å². The molecule has 12 heavy (non-hydrogen) atoms. The molecule has 2 heteroatoms. The van der Waals surface area contributed by atoms with E-state index in [1.54, 1.807) is 0 Å². The molecule has 1 unspecified atom stereocenters. The molecule has 1 aromatic rings. The van der Waals surface area contributed by atoms with E-state index in [-0.39, 0.29) is 0 Å². The van der Waals surface area contributed by atoms with Crippen molar-refractivity contribution in [3.63, 3.8) is 0 Å². The summed E-state index contributed by atoms with van der Waals surface area (Å²) in [6.07, 6.45) is 10.5. The van der Waals surface area contributed by atoms with Crippen LogP contribution in [0.25, 0.3) is 12.3 Å². The Labute approximate surface area is 72.2 Å². The van der Waals surface area contributed by atoms with Gasteiger partial charge in [-0.15, -0.1) is 0 Å². The molecule has 62 valence electrons. The zero-order valence-corrected chi connectivity index (χ0v) is 7.36. The predicted octanol–water partition coefficient (Wildman–Crippen LogP) is 2.33.